The molecule has 1 aromatic rings. The quantitative estimate of drug-likeness (QED) is 0.849. The van der Waals surface area contributed by atoms with Gasteiger partial charge in [-0.25, -0.2) is 0 Å². The summed E-state index contributed by atoms with van der Waals surface area (Å²) >= 11 is 0. The summed E-state index contributed by atoms with van der Waals surface area (Å²) in [6.45, 7) is 8.18. The topological polar surface area (TPSA) is 67.2 Å². The first-order valence-corrected chi connectivity index (χ1v) is 6.71. The molecule has 0 aromatic carbocycles. The molecule has 1 aromatic heterocycles. The van der Waals surface area contributed by atoms with Crippen LogP contribution in [0, 0.1) is 5.41 Å². The number of nitrogens with one attached hydrogen (secondary N) is 1. The Morgan fingerprint density at radius 2 is 2.16 bits per heavy atom. The lowest BCUT2D eigenvalue weighted by molar-refractivity contribution is 0.0896. The van der Waals surface area contributed by atoms with Gasteiger partial charge in [0.25, 0.3) is 5.91 Å². The number of aromatic nitrogens is 2. The van der Waals surface area contributed by atoms with Crippen LogP contribution in [0.2, 0.25) is 0 Å². The smallest absolute Gasteiger partial charge is 0.255 e. The van der Waals surface area contributed by atoms with Crippen LogP contribution in [0.1, 0.15) is 50.2 Å². The lowest BCUT2D eigenvalue weighted by Gasteiger charge is -2.25. The molecule has 1 atom stereocenters. The van der Waals surface area contributed by atoms with Gasteiger partial charge in [-0.1, -0.05) is 27.7 Å². The Hall–Kier alpha value is -1.36. The van der Waals surface area contributed by atoms with Crippen LogP contribution in [0.15, 0.2) is 6.20 Å². The molecule has 1 amide bonds. The molecule has 0 saturated heterocycles. The molecule has 1 unspecified atom stereocenters. The zero-order chi connectivity index (χ0) is 14.6. The van der Waals surface area contributed by atoms with E-state index in [4.69, 9.17) is 0 Å². The van der Waals surface area contributed by atoms with Gasteiger partial charge < -0.3 is 10.4 Å². The molecule has 0 fully saturated rings. The van der Waals surface area contributed by atoms with Crippen molar-refractivity contribution in [2.24, 2.45) is 12.5 Å². The van der Waals surface area contributed by atoms with Crippen molar-refractivity contribution in [2.45, 2.75) is 46.6 Å². The second-order valence-corrected chi connectivity index (χ2v) is 6.13. The predicted molar refractivity (Wildman–Crippen MR) is 75.0 cm³/mol. The van der Waals surface area contributed by atoms with Gasteiger partial charge in [-0.15, -0.1) is 0 Å². The van der Waals surface area contributed by atoms with Crippen molar-refractivity contribution >= 4 is 5.91 Å². The Morgan fingerprint density at radius 1 is 1.53 bits per heavy atom. The monoisotopic (exact) mass is 267 g/mol. The summed E-state index contributed by atoms with van der Waals surface area (Å²) in [6.07, 6.45) is 3.17. The molecule has 5 nitrogen and oxygen atoms in total. The van der Waals surface area contributed by atoms with Crippen LogP contribution in [0.4, 0.5) is 0 Å². The Bertz CT molecular complexity index is 432. The highest BCUT2D eigenvalue weighted by Crippen LogP contribution is 2.21. The Kier molecular flexibility index (Phi) is 5.11. The Morgan fingerprint density at radius 3 is 2.63 bits per heavy atom. The largest absolute Gasteiger partial charge is 0.394 e. The summed E-state index contributed by atoms with van der Waals surface area (Å²) in [7, 11) is 1.80. The number of rotatable bonds is 5. The van der Waals surface area contributed by atoms with E-state index >= 15 is 0 Å². The van der Waals surface area contributed by atoms with E-state index in [2.05, 4.69) is 31.2 Å². The molecule has 0 bridgehead atoms. The standard InChI is InChI=1S/C14H25N3O2/c1-6-12-11(8-17(5)16-12)13(19)15-10(9-18)7-14(2,3)4/h8,10,18H,6-7,9H2,1-5H3,(H,15,19). The van der Waals surface area contributed by atoms with Crippen LogP contribution in [0.5, 0.6) is 0 Å². The van der Waals surface area contributed by atoms with Gasteiger partial charge in [0.05, 0.1) is 23.9 Å². The molecule has 0 radical (unpaired) electrons. The van der Waals surface area contributed by atoms with E-state index in [1.54, 1.807) is 17.9 Å². The summed E-state index contributed by atoms with van der Waals surface area (Å²) < 4.78 is 1.64. The number of hydrogen-bond acceptors (Lipinski definition) is 3. The molecule has 0 aliphatic heterocycles. The van der Waals surface area contributed by atoms with E-state index in [-0.39, 0.29) is 24.0 Å². The van der Waals surface area contributed by atoms with Crippen molar-refractivity contribution < 1.29 is 9.90 Å². The molecule has 108 valence electrons. The third-order valence-electron chi connectivity index (χ3n) is 2.90. The molecular weight excluding hydrogens is 242 g/mol. The third kappa shape index (κ3) is 4.67. The number of aryl methyl sites for hydroxylation is 2. The second kappa shape index (κ2) is 6.19. The van der Waals surface area contributed by atoms with Crippen LogP contribution in [-0.4, -0.2) is 33.4 Å². The minimum absolute atomic E-state index is 0.0509. The molecule has 0 spiro atoms. The highest BCUT2D eigenvalue weighted by atomic mass is 16.3. The molecular formula is C14H25N3O2. The Labute approximate surface area is 115 Å². The van der Waals surface area contributed by atoms with Crippen LogP contribution in [0.25, 0.3) is 0 Å². The number of nitrogens with zero attached hydrogens (tertiary/aromatic N) is 2. The zero-order valence-electron chi connectivity index (χ0n) is 12.5. The lowest BCUT2D eigenvalue weighted by Crippen LogP contribution is -2.40. The van der Waals surface area contributed by atoms with Crippen molar-refractivity contribution in [1.29, 1.82) is 0 Å². The van der Waals surface area contributed by atoms with Crippen LogP contribution < -0.4 is 5.32 Å². The first kappa shape index (κ1) is 15.7. The van der Waals surface area contributed by atoms with E-state index in [9.17, 15) is 9.90 Å². The average Bonchev–Trinajstić information content (AvgIpc) is 2.67. The minimum Gasteiger partial charge on any atom is -0.394 e. The van der Waals surface area contributed by atoms with Gasteiger partial charge >= 0.3 is 0 Å². The van der Waals surface area contributed by atoms with Gasteiger partial charge in [0.2, 0.25) is 0 Å². The minimum atomic E-state index is -0.225. The fraction of sp³-hybridized carbons (Fsp3) is 0.714. The summed E-state index contributed by atoms with van der Waals surface area (Å²) in [6, 6.07) is -0.225. The summed E-state index contributed by atoms with van der Waals surface area (Å²) in [4.78, 5) is 12.2. The van der Waals surface area contributed by atoms with Crippen molar-refractivity contribution in [3.8, 4) is 0 Å². The second-order valence-electron chi connectivity index (χ2n) is 6.13. The molecule has 19 heavy (non-hydrogen) atoms. The molecule has 5 heteroatoms. The summed E-state index contributed by atoms with van der Waals surface area (Å²) in [5.74, 6) is -0.159. The van der Waals surface area contributed by atoms with E-state index in [0.717, 1.165) is 12.1 Å². The fourth-order valence-corrected chi connectivity index (χ4v) is 2.15. The maximum absolute atomic E-state index is 12.2. The maximum atomic E-state index is 12.2. The van der Waals surface area contributed by atoms with Crippen molar-refractivity contribution in [1.82, 2.24) is 15.1 Å². The molecule has 1 rings (SSSR count). The van der Waals surface area contributed by atoms with Crippen LogP contribution >= 0.6 is 0 Å². The van der Waals surface area contributed by atoms with Gasteiger partial charge in [0.15, 0.2) is 0 Å². The third-order valence-corrected chi connectivity index (χ3v) is 2.90. The zero-order valence-corrected chi connectivity index (χ0v) is 12.5. The molecule has 1 heterocycles. The van der Waals surface area contributed by atoms with Crippen molar-refractivity contribution in [2.75, 3.05) is 6.61 Å². The number of aliphatic hydroxyl groups excluding tert-OH is 1. The number of carbonyl (C=O) groups is 1. The average molecular weight is 267 g/mol. The van der Waals surface area contributed by atoms with E-state index < -0.39 is 0 Å². The highest BCUT2D eigenvalue weighted by molar-refractivity contribution is 5.95. The predicted octanol–water partition coefficient (Wildman–Crippen LogP) is 1.51. The molecule has 0 aliphatic carbocycles. The van der Waals surface area contributed by atoms with Gasteiger partial charge in [-0.3, -0.25) is 9.48 Å². The number of aliphatic hydroxyl groups is 1. The van der Waals surface area contributed by atoms with E-state index in [1.807, 2.05) is 6.92 Å². The summed E-state index contributed by atoms with van der Waals surface area (Å²) in [5.41, 5.74) is 1.44. The van der Waals surface area contributed by atoms with Gasteiger partial charge in [-0.05, 0) is 18.3 Å². The first-order chi connectivity index (χ1) is 8.76. The van der Waals surface area contributed by atoms with E-state index in [1.165, 1.54) is 0 Å². The number of amides is 1. The van der Waals surface area contributed by atoms with Crippen LogP contribution in [-0.2, 0) is 13.5 Å². The highest BCUT2D eigenvalue weighted by Gasteiger charge is 2.22. The molecule has 2 N–H and O–H groups in total. The maximum Gasteiger partial charge on any atom is 0.255 e. The van der Waals surface area contributed by atoms with Crippen LogP contribution in [0.3, 0.4) is 0 Å². The molecule has 0 aliphatic rings. The summed E-state index contributed by atoms with van der Waals surface area (Å²) in [5, 5.41) is 16.5. The Balaban J connectivity index is 2.77. The van der Waals surface area contributed by atoms with Crippen molar-refractivity contribution in [3.05, 3.63) is 17.5 Å². The number of carbonyl (C=O) groups excluding carboxylic acids is 1. The SMILES string of the molecule is CCc1nn(C)cc1C(=O)NC(CO)CC(C)(C)C. The fourth-order valence-electron chi connectivity index (χ4n) is 2.15. The van der Waals surface area contributed by atoms with Gasteiger partial charge in [0.1, 0.15) is 0 Å². The van der Waals surface area contributed by atoms with Gasteiger partial charge in [-0.2, -0.15) is 5.10 Å². The number of hydrogen-bond donors (Lipinski definition) is 2. The lowest BCUT2D eigenvalue weighted by atomic mass is 9.88. The first-order valence-electron chi connectivity index (χ1n) is 6.71. The van der Waals surface area contributed by atoms with Crippen molar-refractivity contribution in [3.63, 3.8) is 0 Å². The van der Waals surface area contributed by atoms with Gasteiger partial charge in [0, 0.05) is 13.2 Å². The van der Waals surface area contributed by atoms with E-state index in [0.29, 0.717) is 12.0 Å². The molecule has 0 saturated carbocycles. The normalized spacial score (nSPS) is 13.4.